The van der Waals surface area contributed by atoms with Gasteiger partial charge >= 0.3 is 0 Å². The number of aromatic nitrogens is 2. The summed E-state index contributed by atoms with van der Waals surface area (Å²) >= 11 is 0. The van der Waals surface area contributed by atoms with E-state index in [9.17, 15) is 0 Å². The molecule has 2 aromatic rings. The van der Waals surface area contributed by atoms with E-state index in [2.05, 4.69) is 27.9 Å². The Balaban J connectivity index is 1.88. The number of hydrogen-bond donors (Lipinski definition) is 1. The third-order valence-electron chi connectivity index (χ3n) is 4.60. The molecule has 1 saturated heterocycles. The van der Waals surface area contributed by atoms with Gasteiger partial charge in [-0.1, -0.05) is 19.1 Å². The average molecular weight is 328 g/mol. The second kappa shape index (κ2) is 6.95. The van der Waals surface area contributed by atoms with E-state index >= 15 is 0 Å². The van der Waals surface area contributed by atoms with Crippen molar-refractivity contribution in [1.82, 2.24) is 9.97 Å². The predicted octanol–water partition coefficient (Wildman–Crippen LogP) is 2.63. The van der Waals surface area contributed by atoms with Crippen molar-refractivity contribution in [3.05, 3.63) is 35.5 Å². The predicted molar refractivity (Wildman–Crippen MR) is 94.9 cm³/mol. The molecule has 1 atom stereocenters. The smallest absolute Gasteiger partial charge is 0.221 e. The topological polar surface area (TPSA) is 73.5 Å². The second-order valence-electron chi connectivity index (χ2n) is 5.94. The number of nitrogen functional groups attached to an aromatic ring is 1. The lowest BCUT2D eigenvalue weighted by Gasteiger charge is -2.21. The van der Waals surface area contributed by atoms with Crippen LogP contribution < -0.4 is 20.1 Å². The van der Waals surface area contributed by atoms with Crippen LogP contribution >= 0.6 is 0 Å². The number of para-hydroxylation sites is 1. The minimum Gasteiger partial charge on any atom is -0.493 e. The molecule has 128 valence electrons. The molecular formula is C18H24N4O2. The number of nitrogens with two attached hydrogens (primary N) is 1. The summed E-state index contributed by atoms with van der Waals surface area (Å²) < 4.78 is 11.0. The van der Waals surface area contributed by atoms with Crippen LogP contribution in [0.1, 0.15) is 30.4 Å². The van der Waals surface area contributed by atoms with E-state index in [0.717, 1.165) is 48.8 Å². The number of ether oxygens (including phenoxy) is 2. The summed E-state index contributed by atoms with van der Waals surface area (Å²) in [6.07, 6.45) is 3.76. The van der Waals surface area contributed by atoms with Gasteiger partial charge in [0, 0.05) is 36.3 Å². The summed E-state index contributed by atoms with van der Waals surface area (Å²) in [5, 5.41) is 0. The van der Waals surface area contributed by atoms with E-state index in [1.165, 1.54) is 5.56 Å². The van der Waals surface area contributed by atoms with Gasteiger partial charge in [-0.05, 0) is 18.9 Å². The quantitative estimate of drug-likeness (QED) is 0.909. The fourth-order valence-electron chi connectivity index (χ4n) is 3.37. The molecule has 0 aliphatic carbocycles. The molecule has 2 heterocycles. The van der Waals surface area contributed by atoms with Crippen LogP contribution in [0.3, 0.4) is 0 Å². The van der Waals surface area contributed by atoms with Gasteiger partial charge in [-0.25, -0.2) is 4.98 Å². The van der Waals surface area contributed by atoms with E-state index in [1.54, 1.807) is 14.2 Å². The van der Waals surface area contributed by atoms with Crippen molar-refractivity contribution < 1.29 is 9.47 Å². The maximum Gasteiger partial charge on any atom is 0.221 e. The van der Waals surface area contributed by atoms with Gasteiger partial charge < -0.3 is 20.1 Å². The van der Waals surface area contributed by atoms with Crippen LogP contribution in [-0.2, 0) is 6.42 Å². The normalized spacial score (nSPS) is 17.1. The number of methoxy groups -OCH3 is 2. The molecule has 0 saturated carbocycles. The number of nitrogens with zero attached hydrogens (tertiary/aromatic N) is 3. The lowest BCUT2D eigenvalue weighted by atomic mass is 9.97. The second-order valence-corrected chi connectivity index (χ2v) is 5.94. The number of rotatable bonds is 5. The molecule has 6 nitrogen and oxygen atoms in total. The Morgan fingerprint density at radius 2 is 2.12 bits per heavy atom. The number of anilines is 2. The molecule has 0 unspecified atom stereocenters. The molecule has 1 fully saturated rings. The average Bonchev–Trinajstić information content (AvgIpc) is 3.10. The summed E-state index contributed by atoms with van der Waals surface area (Å²) in [5.74, 6) is 3.24. The van der Waals surface area contributed by atoms with Gasteiger partial charge in [0.15, 0.2) is 11.5 Å². The van der Waals surface area contributed by atoms with Crippen LogP contribution in [0, 0.1) is 0 Å². The Hall–Kier alpha value is -2.50. The molecule has 1 aliphatic heterocycles. The fourth-order valence-corrected chi connectivity index (χ4v) is 3.37. The fraction of sp³-hybridized carbons (Fsp3) is 0.444. The van der Waals surface area contributed by atoms with Crippen LogP contribution in [-0.4, -0.2) is 37.3 Å². The molecule has 24 heavy (non-hydrogen) atoms. The van der Waals surface area contributed by atoms with E-state index in [-0.39, 0.29) is 0 Å². The van der Waals surface area contributed by atoms with E-state index < -0.39 is 0 Å². The van der Waals surface area contributed by atoms with Crippen molar-refractivity contribution in [3.63, 3.8) is 0 Å². The zero-order chi connectivity index (χ0) is 17.1. The Morgan fingerprint density at radius 1 is 1.29 bits per heavy atom. The SMILES string of the molecule is CCc1cnc(N)nc1N1CC[C@@H](c2cccc(OC)c2OC)C1. The highest BCUT2D eigenvalue weighted by atomic mass is 16.5. The summed E-state index contributed by atoms with van der Waals surface area (Å²) in [5.41, 5.74) is 8.10. The molecule has 1 aromatic carbocycles. The summed E-state index contributed by atoms with van der Waals surface area (Å²) in [4.78, 5) is 10.9. The summed E-state index contributed by atoms with van der Waals surface area (Å²) in [7, 11) is 3.36. The molecule has 0 amide bonds. The van der Waals surface area contributed by atoms with E-state index in [0.29, 0.717) is 11.9 Å². The largest absolute Gasteiger partial charge is 0.493 e. The Kier molecular flexibility index (Phi) is 4.74. The third kappa shape index (κ3) is 2.96. The molecule has 1 aliphatic rings. The van der Waals surface area contributed by atoms with Gasteiger partial charge in [0.1, 0.15) is 5.82 Å². The zero-order valence-electron chi connectivity index (χ0n) is 14.5. The van der Waals surface area contributed by atoms with Crippen molar-refractivity contribution >= 4 is 11.8 Å². The van der Waals surface area contributed by atoms with Crippen LogP contribution in [0.2, 0.25) is 0 Å². The Bertz CT molecular complexity index is 720. The molecule has 2 N–H and O–H groups in total. The highest BCUT2D eigenvalue weighted by Gasteiger charge is 2.29. The molecule has 0 spiro atoms. The minimum absolute atomic E-state index is 0.324. The number of benzene rings is 1. The van der Waals surface area contributed by atoms with Crippen molar-refractivity contribution in [2.45, 2.75) is 25.7 Å². The molecule has 3 rings (SSSR count). The zero-order valence-corrected chi connectivity index (χ0v) is 14.5. The van der Waals surface area contributed by atoms with Crippen LogP contribution in [0.5, 0.6) is 11.5 Å². The third-order valence-corrected chi connectivity index (χ3v) is 4.60. The van der Waals surface area contributed by atoms with Crippen molar-refractivity contribution in [1.29, 1.82) is 0 Å². The molecule has 0 bridgehead atoms. The first-order valence-corrected chi connectivity index (χ1v) is 8.25. The lowest BCUT2D eigenvalue weighted by molar-refractivity contribution is 0.350. The first-order valence-electron chi connectivity index (χ1n) is 8.25. The van der Waals surface area contributed by atoms with E-state index in [4.69, 9.17) is 15.2 Å². The monoisotopic (exact) mass is 328 g/mol. The maximum atomic E-state index is 5.79. The van der Waals surface area contributed by atoms with Gasteiger partial charge in [0.25, 0.3) is 0 Å². The number of aryl methyl sites for hydroxylation is 1. The Morgan fingerprint density at radius 3 is 2.83 bits per heavy atom. The highest BCUT2D eigenvalue weighted by Crippen LogP contribution is 2.40. The van der Waals surface area contributed by atoms with Crippen LogP contribution in [0.4, 0.5) is 11.8 Å². The van der Waals surface area contributed by atoms with Gasteiger partial charge in [-0.15, -0.1) is 0 Å². The first-order chi connectivity index (χ1) is 11.7. The van der Waals surface area contributed by atoms with E-state index in [1.807, 2.05) is 18.3 Å². The van der Waals surface area contributed by atoms with Crippen molar-refractivity contribution in [2.75, 3.05) is 37.9 Å². The molecule has 6 heteroatoms. The minimum atomic E-state index is 0.324. The summed E-state index contributed by atoms with van der Waals surface area (Å²) in [6.45, 7) is 3.93. The summed E-state index contributed by atoms with van der Waals surface area (Å²) in [6, 6.07) is 6.06. The van der Waals surface area contributed by atoms with Crippen molar-refractivity contribution in [2.24, 2.45) is 0 Å². The van der Waals surface area contributed by atoms with Gasteiger partial charge in [-0.3, -0.25) is 0 Å². The first kappa shape index (κ1) is 16.4. The van der Waals surface area contributed by atoms with Gasteiger partial charge in [-0.2, -0.15) is 4.98 Å². The van der Waals surface area contributed by atoms with Gasteiger partial charge in [0.2, 0.25) is 5.95 Å². The van der Waals surface area contributed by atoms with Crippen LogP contribution in [0.15, 0.2) is 24.4 Å². The highest BCUT2D eigenvalue weighted by molar-refractivity contribution is 5.53. The number of hydrogen-bond acceptors (Lipinski definition) is 6. The maximum absolute atomic E-state index is 5.79. The lowest BCUT2D eigenvalue weighted by Crippen LogP contribution is -2.22. The molecule has 0 radical (unpaired) electrons. The van der Waals surface area contributed by atoms with Gasteiger partial charge in [0.05, 0.1) is 14.2 Å². The van der Waals surface area contributed by atoms with Crippen LogP contribution in [0.25, 0.3) is 0 Å². The standard InChI is InChI=1S/C18H24N4O2/c1-4-12-10-20-18(19)21-17(12)22-9-8-13(11-22)14-6-5-7-15(23-2)16(14)24-3/h5-7,10,13H,4,8-9,11H2,1-3H3,(H2,19,20,21)/t13-/m1/s1. The molecular weight excluding hydrogens is 304 g/mol. The molecule has 1 aromatic heterocycles. The Labute approximate surface area is 142 Å². The van der Waals surface area contributed by atoms with Crippen molar-refractivity contribution in [3.8, 4) is 11.5 Å².